The van der Waals surface area contributed by atoms with Crippen LogP contribution >= 0.6 is 0 Å². The zero-order chi connectivity index (χ0) is 30.2. The molecule has 4 heterocycles. The smallest absolute Gasteiger partial charge is 0.274 e. The molecule has 0 radical (unpaired) electrons. The van der Waals surface area contributed by atoms with Crippen LogP contribution in [0.1, 0.15) is 57.9 Å². The molecule has 2 saturated heterocycles. The van der Waals surface area contributed by atoms with E-state index >= 15 is 0 Å². The van der Waals surface area contributed by atoms with Gasteiger partial charge in [0.1, 0.15) is 12.4 Å². The number of aliphatic hydroxyl groups excluding tert-OH is 1. The fourth-order valence-electron chi connectivity index (χ4n) is 6.52. The third-order valence-corrected chi connectivity index (χ3v) is 8.85. The standard InChI is InChI=1S/C34H36N4O6/c1-36-33(40)25-19-37(34(36)41)20-27-30(25)31-26(10-7-11-28(31)43-21-23-8-3-2-4-9-23)38(27)18-22-13-15-24(16-14-22)32(39)35-44-29-12-5-6-17-42-29/h2-4,7-11,13-16,25,29,34,41H,5-6,12,17-21H2,1H3,(H,35,39). The minimum atomic E-state index is -0.980. The molecular formula is C34H36N4O6. The van der Waals surface area contributed by atoms with Crippen LogP contribution in [-0.2, 0) is 34.1 Å². The average molecular weight is 597 g/mol. The van der Waals surface area contributed by atoms with Gasteiger partial charge in [-0.1, -0.05) is 48.5 Å². The molecule has 10 nitrogen and oxygen atoms in total. The molecule has 7 rings (SSSR count). The van der Waals surface area contributed by atoms with Crippen LogP contribution in [0.2, 0.25) is 0 Å². The minimum absolute atomic E-state index is 0.108. The molecule has 4 atom stereocenters. The fourth-order valence-corrected chi connectivity index (χ4v) is 6.52. The molecule has 3 aromatic carbocycles. The van der Waals surface area contributed by atoms with Crippen molar-refractivity contribution in [2.75, 3.05) is 20.2 Å². The van der Waals surface area contributed by atoms with Gasteiger partial charge < -0.3 is 24.0 Å². The molecular weight excluding hydrogens is 560 g/mol. The summed E-state index contributed by atoms with van der Waals surface area (Å²) >= 11 is 0. The number of nitrogens with one attached hydrogen (secondary N) is 1. The predicted octanol–water partition coefficient (Wildman–Crippen LogP) is 4.10. The van der Waals surface area contributed by atoms with Crippen LogP contribution in [0.4, 0.5) is 0 Å². The van der Waals surface area contributed by atoms with E-state index in [9.17, 15) is 14.7 Å². The van der Waals surface area contributed by atoms with Gasteiger partial charge in [-0.05, 0) is 53.8 Å². The molecule has 0 spiro atoms. The van der Waals surface area contributed by atoms with Crippen molar-refractivity contribution in [3.8, 4) is 5.75 Å². The summed E-state index contributed by atoms with van der Waals surface area (Å²) in [7, 11) is 1.65. The third-order valence-electron chi connectivity index (χ3n) is 8.85. The lowest BCUT2D eigenvalue weighted by Crippen LogP contribution is -2.59. The topological polar surface area (TPSA) is 106 Å². The SMILES string of the molecule is CN1C(=O)C2CN(Cc3c2c2c(OCc4ccccc4)cccc2n3Cc2ccc(C(=O)NOC3CCCCO3)cc2)C1O. The second-order valence-electron chi connectivity index (χ2n) is 11.7. The molecule has 3 aliphatic rings. The van der Waals surface area contributed by atoms with E-state index in [1.54, 1.807) is 19.2 Å². The van der Waals surface area contributed by atoms with Crippen LogP contribution < -0.4 is 10.2 Å². The van der Waals surface area contributed by atoms with E-state index in [0.29, 0.717) is 38.4 Å². The summed E-state index contributed by atoms with van der Waals surface area (Å²) < 4.78 is 14.1. The molecule has 4 unspecified atom stereocenters. The van der Waals surface area contributed by atoms with Crippen molar-refractivity contribution in [2.45, 2.75) is 57.5 Å². The highest BCUT2D eigenvalue weighted by atomic mass is 16.8. The summed E-state index contributed by atoms with van der Waals surface area (Å²) in [6.45, 7) is 2.49. The number of aromatic nitrogens is 1. The van der Waals surface area contributed by atoms with Crippen molar-refractivity contribution in [1.82, 2.24) is 19.8 Å². The van der Waals surface area contributed by atoms with Crippen molar-refractivity contribution in [3.05, 3.63) is 101 Å². The molecule has 2 N–H and O–H groups in total. The molecule has 2 amide bonds. The average Bonchev–Trinajstić information content (AvgIpc) is 3.39. The van der Waals surface area contributed by atoms with Crippen LogP contribution in [0.3, 0.4) is 0 Å². The first-order valence-electron chi connectivity index (χ1n) is 15.1. The van der Waals surface area contributed by atoms with Crippen molar-refractivity contribution >= 4 is 22.7 Å². The van der Waals surface area contributed by atoms with Crippen molar-refractivity contribution in [3.63, 3.8) is 0 Å². The fraction of sp³-hybridized carbons (Fsp3) is 0.353. The summed E-state index contributed by atoms with van der Waals surface area (Å²) in [5.74, 6) is -0.128. The first-order valence-corrected chi connectivity index (χ1v) is 15.1. The van der Waals surface area contributed by atoms with E-state index in [1.165, 1.54) is 4.90 Å². The number of aliphatic hydroxyl groups is 1. The van der Waals surface area contributed by atoms with Gasteiger partial charge in [-0.3, -0.25) is 14.5 Å². The number of ether oxygens (including phenoxy) is 2. The maximum Gasteiger partial charge on any atom is 0.274 e. The second kappa shape index (κ2) is 12.0. The highest BCUT2D eigenvalue weighted by Gasteiger charge is 2.45. The van der Waals surface area contributed by atoms with E-state index in [1.807, 2.05) is 59.5 Å². The lowest BCUT2D eigenvalue weighted by atomic mass is 9.88. The van der Waals surface area contributed by atoms with Crippen LogP contribution in [0.15, 0.2) is 72.8 Å². The van der Waals surface area contributed by atoms with E-state index < -0.39 is 18.6 Å². The number of carbonyl (C=O) groups is 2. The molecule has 0 aliphatic carbocycles. The van der Waals surface area contributed by atoms with Crippen LogP contribution in [0.25, 0.3) is 10.9 Å². The molecule has 44 heavy (non-hydrogen) atoms. The highest BCUT2D eigenvalue weighted by molar-refractivity contribution is 5.98. The van der Waals surface area contributed by atoms with Gasteiger partial charge in [-0.15, -0.1) is 0 Å². The number of rotatable bonds is 8. The number of likely N-dealkylation sites (N-methyl/N-ethyl adjacent to an activating group) is 1. The Morgan fingerprint density at radius 3 is 2.61 bits per heavy atom. The highest BCUT2D eigenvalue weighted by Crippen LogP contribution is 2.44. The zero-order valence-electron chi connectivity index (χ0n) is 24.6. The quantitative estimate of drug-likeness (QED) is 0.295. The molecule has 0 saturated carbocycles. The lowest BCUT2D eigenvalue weighted by molar-refractivity contribution is -0.186. The van der Waals surface area contributed by atoms with E-state index in [2.05, 4.69) is 16.1 Å². The number of hydrogen-bond donors (Lipinski definition) is 2. The van der Waals surface area contributed by atoms with Crippen molar-refractivity contribution < 1.29 is 29.0 Å². The third kappa shape index (κ3) is 5.35. The zero-order valence-corrected chi connectivity index (χ0v) is 24.6. The Kier molecular flexibility index (Phi) is 7.82. The van der Waals surface area contributed by atoms with Crippen molar-refractivity contribution in [1.29, 1.82) is 0 Å². The summed E-state index contributed by atoms with van der Waals surface area (Å²) in [6.07, 6.45) is 1.37. The second-order valence-corrected chi connectivity index (χ2v) is 11.7. The molecule has 4 aromatic rings. The summed E-state index contributed by atoms with van der Waals surface area (Å²) in [6, 6.07) is 23.4. The van der Waals surface area contributed by atoms with Gasteiger partial charge in [0, 0.05) is 56.4 Å². The molecule has 2 fully saturated rings. The number of hydrogen-bond acceptors (Lipinski definition) is 7. The largest absolute Gasteiger partial charge is 0.488 e. The number of amides is 2. The first kappa shape index (κ1) is 28.5. The Morgan fingerprint density at radius 2 is 1.84 bits per heavy atom. The van der Waals surface area contributed by atoms with Gasteiger partial charge in [-0.25, -0.2) is 10.3 Å². The van der Waals surface area contributed by atoms with E-state index in [-0.39, 0.29) is 11.8 Å². The predicted molar refractivity (Wildman–Crippen MR) is 162 cm³/mol. The first-order chi connectivity index (χ1) is 21.5. The van der Waals surface area contributed by atoms with Gasteiger partial charge in [0.25, 0.3) is 5.91 Å². The molecule has 2 bridgehead atoms. The number of hydroxylamine groups is 1. The Morgan fingerprint density at radius 1 is 1.02 bits per heavy atom. The molecule has 3 aliphatic heterocycles. The number of carbonyl (C=O) groups excluding carboxylic acids is 2. The summed E-state index contributed by atoms with van der Waals surface area (Å²) in [4.78, 5) is 35.0. The van der Waals surface area contributed by atoms with Gasteiger partial charge in [0.05, 0.1) is 11.4 Å². The van der Waals surface area contributed by atoms with Gasteiger partial charge in [0.15, 0.2) is 12.6 Å². The summed E-state index contributed by atoms with van der Waals surface area (Å²) in [5.41, 5.74) is 7.95. The lowest BCUT2D eigenvalue weighted by Gasteiger charge is -2.45. The molecule has 228 valence electrons. The Bertz CT molecular complexity index is 1660. The normalized spacial score (nSPS) is 23.0. The molecule has 1 aromatic heterocycles. The Balaban J connectivity index is 1.20. The number of fused-ring (bicyclic) bond motifs is 6. The Labute approximate surface area is 255 Å². The Hall–Kier alpha value is -4.22. The summed E-state index contributed by atoms with van der Waals surface area (Å²) in [5, 5.41) is 11.8. The van der Waals surface area contributed by atoms with Crippen LogP contribution in [0.5, 0.6) is 5.75 Å². The minimum Gasteiger partial charge on any atom is -0.488 e. The van der Waals surface area contributed by atoms with Crippen LogP contribution in [0, 0.1) is 0 Å². The van der Waals surface area contributed by atoms with E-state index in [0.717, 1.165) is 58.3 Å². The maximum absolute atomic E-state index is 13.5. The van der Waals surface area contributed by atoms with Crippen molar-refractivity contribution in [2.24, 2.45) is 0 Å². The molecule has 10 heteroatoms. The van der Waals surface area contributed by atoms with E-state index in [4.69, 9.17) is 14.3 Å². The van der Waals surface area contributed by atoms with Crippen LogP contribution in [-0.4, -0.2) is 64.1 Å². The maximum atomic E-state index is 13.5. The number of nitrogens with zero attached hydrogens (tertiary/aromatic N) is 3. The van der Waals surface area contributed by atoms with Gasteiger partial charge in [0.2, 0.25) is 5.91 Å². The van der Waals surface area contributed by atoms with Gasteiger partial charge in [-0.2, -0.15) is 0 Å². The number of benzene rings is 3. The monoisotopic (exact) mass is 596 g/mol. The van der Waals surface area contributed by atoms with Gasteiger partial charge >= 0.3 is 0 Å².